The van der Waals surface area contributed by atoms with E-state index in [0.717, 1.165) is 5.92 Å². The first kappa shape index (κ1) is 18.3. The van der Waals surface area contributed by atoms with E-state index >= 15 is 0 Å². The third-order valence-electron chi connectivity index (χ3n) is 4.54. The average Bonchev–Trinajstić information content (AvgIpc) is 2.48. The molecule has 1 rings (SSSR count). The molecule has 120 valence electrons. The van der Waals surface area contributed by atoms with E-state index in [9.17, 15) is 0 Å². The highest BCUT2D eigenvalue weighted by Crippen LogP contribution is 2.20. The fourth-order valence-electron chi connectivity index (χ4n) is 3.15. The number of unbranched alkanes of at least 4 members (excludes halogenated alkanes) is 2. The summed E-state index contributed by atoms with van der Waals surface area (Å²) in [6, 6.07) is 7.27. The van der Waals surface area contributed by atoms with Gasteiger partial charge >= 0.3 is 0 Å². The van der Waals surface area contributed by atoms with Crippen molar-refractivity contribution in [2.24, 2.45) is 5.92 Å². The Morgan fingerprint density at radius 3 is 2.14 bits per heavy atom. The molecular formula is C21H36. The molecule has 0 aliphatic heterocycles. The van der Waals surface area contributed by atoms with Crippen LogP contribution in [0.2, 0.25) is 0 Å². The second-order valence-electron chi connectivity index (χ2n) is 6.74. The largest absolute Gasteiger partial charge is 0.0654 e. The monoisotopic (exact) mass is 288 g/mol. The van der Waals surface area contributed by atoms with Crippen LogP contribution in [0, 0.1) is 5.92 Å². The van der Waals surface area contributed by atoms with Crippen molar-refractivity contribution in [2.45, 2.75) is 91.9 Å². The van der Waals surface area contributed by atoms with Crippen LogP contribution in [0.15, 0.2) is 18.2 Å². The van der Waals surface area contributed by atoms with Crippen molar-refractivity contribution >= 4 is 0 Å². The zero-order valence-electron chi connectivity index (χ0n) is 14.9. The molecule has 1 aromatic carbocycles. The first-order valence-corrected chi connectivity index (χ1v) is 9.31. The summed E-state index contributed by atoms with van der Waals surface area (Å²) in [5.41, 5.74) is 4.75. The lowest BCUT2D eigenvalue weighted by molar-refractivity contribution is 0.464. The highest BCUT2D eigenvalue weighted by molar-refractivity contribution is 5.32. The molecule has 0 saturated heterocycles. The molecule has 0 heterocycles. The molecule has 0 nitrogen and oxygen atoms in total. The van der Waals surface area contributed by atoms with Gasteiger partial charge in [0.25, 0.3) is 0 Å². The molecule has 0 aliphatic rings. The average molecular weight is 289 g/mol. The van der Waals surface area contributed by atoms with Crippen LogP contribution in [0.4, 0.5) is 0 Å². The summed E-state index contributed by atoms with van der Waals surface area (Å²) >= 11 is 0. The maximum atomic E-state index is 2.49. The number of rotatable bonds is 11. The molecule has 21 heavy (non-hydrogen) atoms. The van der Waals surface area contributed by atoms with Gasteiger partial charge in [0.15, 0.2) is 0 Å². The molecule has 0 bridgehead atoms. The third-order valence-corrected chi connectivity index (χ3v) is 4.54. The van der Waals surface area contributed by atoms with Gasteiger partial charge in [-0.15, -0.1) is 0 Å². The van der Waals surface area contributed by atoms with Gasteiger partial charge in [-0.2, -0.15) is 0 Å². The van der Waals surface area contributed by atoms with E-state index in [-0.39, 0.29) is 0 Å². The predicted molar refractivity (Wildman–Crippen MR) is 96.1 cm³/mol. The number of hydrogen-bond donors (Lipinski definition) is 0. The van der Waals surface area contributed by atoms with Gasteiger partial charge in [-0.05, 0) is 48.3 Å². The molecule has 0 amide bonds. The number of aryl methyl sites for hydroxylation is 3. The molecule has 0 saturated carbocycles. The quantitative estimate of drug-likeness (QED) is 0.395. The topological polar surface area (TPSA) is 0 Å². The Balaban J connectivity index is 2.52. The zero-order chi connectivity index (χ0) is 15.5. The predicted octanol–water partition coefficient (Wildman–Crippen LogP) is 6.74. The van der Waals surface area contributed by atoms with Crippen LogP contribution in [-0.2, 0) is 19.3 Å². The Labute approximate surface area is 133 Å². The summed E-state index contributed by atoms with van der Waals surface area (Å²) in [6.07, 6.45) is 13.2. The summed E-state index contributed by atoms with van der Waals surface area (Å²) in [7, 11) is 0. The van der Waals surface area contributed by atoms with Crippen LogP contribution in [-0.4, -0.2) is 0 Å². The maximum absolute atomic E-state index is 2.49. The van der Waals surface area contributed by atoms with Crippen LogP contribution in [0.1, 0.15) is 89.3 Å². The van der Waals surface area contributed by atoms with Crippen LogP contribution < -0.4 is 0 Å². The van der Waals surface area contributed by atoms with Crippen molar-refractivity contribution in [2.75, 3.05) is 0 Å². The summed E-state index contributed by atoms with van der Waals surface area (Å²) in [5.74, 6) is 0.876. The Kier molecular flexibility index (Phi) is 9.46. The van der Waals surface area contributed by atoms with E-state index < -0.39 is 0 Å². The summed E-state index contributed by atoms with van der Waals surface area (Å²) in [5, 5.41) is 0. The minimum atomic E-state index is 0.876. The maximum Gasteiger partial charge on any atom is -0.0276 e. The van der Waals surface area contributed by atoms with E-state index in [1.807, 2.05) is 0 Å². The highest BCUT2D eigenvalue weighted by atomic mass is 14.1. The number of benzene rings is 1. The second kappa shape index (κ2) is 10.9. The Hall–Kier alpha value is -0.780. The van der Waals surface area contributed by atoms with Crippen molar-refractivity contribution in [3.05, 3.63) is 34.9 Å². The minimum Gasteiger partial charge on any atom is -0.0654 e. The van der Waals surface area contributed by atoms with Crippen molar-refractivity contribution in [1.82, 2.24) is 0 Å². The molecule has 0 fully saturated rings. The SMILES string of the molecule is CCCCCC(C)CCc1ccc(CCC)c(CCC)c1. The van der Waals surface area contributed by atoms with Crippen molar-refractivity contribution in [3.8, 4) is 0 Å². The molecule has 1 aromatic rings. The molecule has 0 aromatic heterocycles. The number of hydrogen-bond acceptors (Lipinski definition) is 0. The lowest BCUT2D eigenvalue weighted by Crippen LogP contribution is -2.00. The fraction of sp³-hybridized carbons (Fsp3) is 0.714. The van der Waals surface area contributed by atoms with E-state index in [1.54, 1.807) is 16.7 Å². The van der Waals surface area contributed by atoms with Gasteiger partial charge < -0.3 is 0 Å². The van der Waals surface area contributed by atoms with Gasteiger partial charge in [0.05, 0.1) is 0 Å². The molecule has 0 aliphatic carbocycles. The highest BCUT2D eigenvalue weighted by Gasteiger charge is 2.06. The van der Waals surface area contributed by atoms with Crippen LogP contribution in [0.25, 0.3) is 0 Å². The second-order valence-corrected chi connectivity index (χ2v) is 6.74. The molecule has 0 heteroatoms. The van der Waals surface area contributed by atoms with Crippen LogP contribution in [0.5, 0.6) is 0 Å². The van der Waals surface area contributed by atoms with E-state index in [0.29, 0.717) is 0 Å². The first-order chi connectivity index (χ1) is 10.2. The minimum absolute atomic E-state index is 0.876. The van der Waals surface area contributed by atoms with Gasteiger partial charge in [0.2, 0.25) is 0 Å². The first-order valence-electron chi connectivity index (χ1n) is 9.31. The van der Waals surface area contributed by atoms with Crippen molar-refractivity contribution < 1.29 is 0 Å². The van der Waals surface area contributed by atoms with E-state index in [1.165, 1.54) is 64.2 Å². The Morgan fingerprint density at radius 1 is 0.762 bits per heavy atom. The van der Waals surface area contributed by atoms with Gasteiger partial charge in [-0.25, -0.2) is 0 Å². The fourth-order valence-corrected chi connectivity index (χ4v) is 3.15. The van der Waals surface area contributed by atoms with Crippen LogP contribution >= 0.6 is 0 Å². The molecule has 0 spiro atoms. The summed E-state index contributed by atoms with van der Waals surface area (Å²) < 4.78 is 0. The van der Waals surface area contributed by atoms with E-state index in [2.05, 4.69) is 45.9 Å². The zero-order valence-corrected chi connectivity index (χ0v) is 14.9. The lowest BCUT2D eigenvalue weighted by atomic mass is 9.92. The third kappa shape index (κ3) is 7.16. The molecule has 1 unspecified atom stereocenters. The lowest BCUT2D eigenvalue weighted by Gasteiger charge is -2.13. The van der Waals surface area contributed by atoms with Gasteiger partial charge in [-0.3, -0.25) is 0 Å². The smallest absolute Gasteiger partial charge is 0.0276 e. The molecule has 1 atom stereocenters. The summed E-state index contributed by atoms with van der Waals surface area (Å²) in [6.45, 7) is 9.28. The normalized spacial score (nSPS) is 12.6. The Morgan fingerprint density at radius 2 is 1.48 bits per heavy atom. The van der Waals surface area contributed by atoms with Gasteiger partial charge in [0.1, 0.15) is 0 Å². The molecule has 0 N–H and O–H groups in total. The van der Waals surface area contributed by atoms with E-state index in [4.69, 9.17) is 0 Å². The van der Waals surface area contributed by atoms with Crippen molar-refractivity contribution in [1.29, 1.82) is 0 Å². The van der Waals surface area contributed by atoms with Gasteiger partial charge in [-0.1, -0.05) is 84.4 Å². The Bertz CT molecular complexity index is 378. The molecular weight excluding hydrogens is 252 g/mol. The summed E-state index contributed by atoms with van der Waals surface area (Å²) in [4.78, 5) is 0. The van der Waals surface area contributed by atoms with Gasteiger partial charge in [0, 0.05) is 0 Å². The van der Waals surface area contributed by atoms with Crippen LogP contribution in [0.3, 0.4) is 0 Å². The molecule has 0 radical (unpaired) electrons. The van der Waals surface area contributed by atoms with Crippen molar-refractivity contribution in [3.63, 3.8) is 0 Å². The standard InChI is InChI=1S/C21H36/c1-5-8-9-12-18(4)13-14-19-15-16-20(10-6-2)21(17-19)11-7-3/h15-18H,5-14H2,1-4H3.